The molecule has 0 bridgehead atoms. The molecular formula is C20H27N3O4S. The monoisotopic (exact) mass is 405 g/mol. The van der Waals surface area contributed by atoms with Gasteiger partial charge in [0.1, 0.15) is 4.90 Å². The van der Waals surface area contributed by atoms with E-state index < -0.39 is 10.0 Å². The average molecular weight is 406 g/mol. The van der Waals surface area contributed by atoms with E-state index in [4.69, 9.17) is 14.6 Å². The normalized spacial score (nSPS) is 17.4. The van der Waals surface area contributed by atoms with Crippen LogP contribution in [0.15, 0.2) is 29.3 Å². The van der Waals surface area contributed by atoms with Gasteiger partial charge in [0.15, 0.2) is 11.5 Å². The lowest BCUT2D eigenvalue weighted by molar-refractivity contribution is 0.174. The Morgan fingerprint density at radius 3 is 2.61 bits per heavy atom. The first-order chi connectivity index (χ1) is 13.2. The second-order valence-electron chi connectivity index (χ2n) is 8.52. The number of benzene rings is 1. The predicted molar refractivity (Wildman–Crippen MR) is 105 cm³/mol. The molecule has 1 aliphatic carbocycles. The highest BCUT2D eigenvalue weighted by atomic mass is 32.2. The summed E-state index contributed by atoms with van der Waals surface area (Å²) in [6.07, 6.45) is 6.14. The number of aromatic nitrogens is 2. The largest absolute Gasteiger partial charge is 0.454 e. The second-order valence-corrected chi connectivity index (χ2v) is 10.3. The van der Waals surface area contributed by atoms with Gasteiger partial charge in [0.2, 0.25) is 16.8 Å². The van der Waals surface area contributed by atoms with Gasteiger partial charge in [0.25, 0.3) is 0 Å². The van der Waals surface area contributed by atoms with Crippen LogP contribution in [0.1, 0.15) is 63.8 Å². The fraction of sp³-hybridized carbons (Fsp3) is 0.550. The van der Waals surface area contributed by atoms with E-state index in [1.165, 1.54) is 12.8 Å². The van der Waals surface area contributed by atoms with E-state index >= 15 is 0 Å². The lowest BCUT2D eigenvalue weighted by Gasteiger charge is -2.18. The number of rotatable bonds is 5. The van der Waals surface area contributed by atoms with Gasteiger partial charge in [0.05, 0.1) is 11.7 Å². The van der Waals surface area contributed by atoms with E-state index in [2.05, 4.69) is 4.72 Å². The van der Waals surface area contributed by atoms with E-state index in [0.717, 1.165) is 18.4 Å². The van der Waals surface area contributed by atoms with Gasteiger partial charge in [-0.2, -0.15) is 5.10 Å². The first kappa shape index (κ1) is 19.3. The maximum Gasteiger partial charge on any atom is 0.244 e. The van der Waals surface area contributed by atoms with Crippen molar-refractivity contribution in [2.75, 3.05) is 6.79 Å². The molecular weight excluding hydrogens is 378 g/mol. The standard InChI is InChI=1S/C20H27N3O4S/c1-20(2,3)19-18(12-23(22-19)15-6-4-5-7-15)28(24,25)21-11-14-8-9-16-17(10-14)27-13-26-16/h8-10,12,15,21H,4-7,11,13H2,1-3H3. The number of ether oxygens (including phenoxy) is 2. The maximum atomic E-state index is 13.1. The molecule has 0 saturated heterocycles. The van der Waals surface area contributed by atoms with Crippen molar-refractivity contribution in [1.29, 1.82) is 0 Å². The van der Waals surface area contributed by atoms with Gasteiger partial charge in [0, 0.05) is 18.2 Å². The summed E-state index contributed by atoms with van der Waals surface area (Å²) < 4.78 is 41.5. The van der Waals surface area contributed by atoms with E-state index in [1.807, 2.05) is 31.5 Å². The van der Waals surface area contributed by atoms with E-state index in [1.54, 1.807) is 18.3 Å². The summed E-state index contributed by atoms with van der Waals surface area (Å²) in [7, 11) is -3.70. The Bertz CT molecular complexity index is 970. The molecule has 1 aromatic heterocycles. The second kappa shape index (κ2) is 7.08. The van der Waals surface area contributed by atoms with Gasteiger partial charge in [-0.05, 0) is 30.5 Å². The van der Waals surface area contributed by atoms with Crippen LogP contribution in [-0.2, 0) is 22.0 Å². The molecule has 1 aromatic carbocycles. The van der Waals surface area contributed by atoms with Crippen molar-refractivity contribution in [2.45, 2.75) is 69.4 Å². The molecule has 1 aliphatic heterocycles. The Kier molecular flexibility index (Phi) is 4.87. The summed E-state index contributed by atoms with van der Waals surface area (Å²) in [5.74, 6) is 1.32. The summed E-state index contributed by atoms with van der Waals surface area (Å²) in [6.45, 7) is 6.35. The molecule has 7 nitrogen and oxygen atoms in total. The van der Waals surface area contributed by atoms with Crippen LogP contribution in [-0.4, -0.2) is 25.0 Å². The Hall–Kier alpha value is -2.06. The summed E-state index contributed by atoms with van der Waals surface area (Å²) >= 11 is 0. The number of sulfonamides is 1. The van der Waals surface area contributed by atoms with Gasteiger partial charge >= 0.3 is 0 Å². The molecule has 1 N–H and O–H groups in total. The Labute approximate surface area is 166 Å². The minimum Gasteiger partial charge on any atom is -0.454 e. The Morgan fingerprint density at radius 1 is 1.18 bits per heavy atom. The fourth-order valence-electron chi connectivity index (χ4n) is 3.75. The minimum atomic E-state index is -3.70. The molecule has 1 fully saturated rings. The molecule has 2 heterocycles. The van der Waals surface area contributed by atoms with Crippen molar-refractivity contribution in [3.63, 3.8) is 0 Å². The quantitative estimate of drug-likeness (QED) is 0.823. The third-order valence-corrected chi connectivity index (χ3v) is 6.70. The number of hydrogen-bond donors (Lipinski definition) is 1. The highest BCUT2D eigenvalue weighted by Gasteiger charge is 2.31. The number of nitrogens with one attached hydrogen (secondary N) is 1. The van der Waals surface area contributed by atoms with Crippen LogP contribution >= 0.6 is 0 Å². The molecule has 0 unspecified atom stereocenters. The van der Waals surface area contributed by atoms with Crippen LogP contribution in [0, 0.1) is 0 Å². The van der Waals surface area contributed by atoms with Crippen LogP contribution in [0.25, 0.3) is 0 Å². The molecule has 2 aromatic rings. The number of fused-ring (bicyclic) bond motifs is 1. The van der Waals surface area contributed by atoms with Crippen molar-refractivity contribution in [3.05, 3.63) is 35.7 Å². The SMILES string of the molecule is CC(C)(C)c1nn(C2CCCC2)cc1S(=O)(=O)NCc1ccc2c(c1)OCO2. The van der Waals surface area contributed by atoms with Crippen LogP contribution < -0.4 is 14.2 Å². The van der Waals surface area contributed by atoms with Gasteiger partial charge in [-0.3, -0.25) is 4.68 Å². The third-order valence-electron chi connectivity index (χ3n) is 5.30. The topological polar surface area (TPSA) is 82.5 Å². The number of nitrogens with zero attached hydrogens (tertiary/aromatic N) is 2. The van der Waals surface area contributed by atoms with Crippen molar-refractivity contribution in [2.24, 2.45) is 0 Å². The zero-order chi connectivity index (χ0) is 19.9. The average Bonchev–Trinajstić information content (AvgIpc) is 3.38. The first-order valence-corrected chi connectivity index (χ1v) is 11.2. The van der Waals surface area contributed by atoms with Gasteiger partial charge in [-0.25, -0.2) is 13.1 Å². The van der Waals surface area contributed by atoms with Crippen molar-refractivity contribution < 1.29 is 17.9 Å². The van der Waals surface area contributed by atoms with Crippen molar-refractivity contribution in [3.8, 4) is 11.5 Å². The van der Waals surface area contributed by atoms with Gasteiger partial charge < -0.3 is 9.47 Å². The minimum absolute atomic E-state index is 0.178. The lowest BCUT2D eigenvalue weighted by atomic mass is 9.92. The summed E-state index contributed by atoms with van der Waals surface area (Å²) in [6, 6.07) is 5.73. The van der Waals surface area contributed by atoms with Crippen molar-refractivity contribution >= 4 is 10.0 Å². The Morgan fingerprint density at radius 2 is 1.89 bits per heavy atom. The molecule has 0 amide bonds. The number of hydrogen-bond acceptors (Lipinski definition) is 5. The van der Waals surface area contributed by atoms with Crippen molar-refractivity contribution in [1.82, 2.24) is 14.5 Å². The van der Waals surface area contributed by atoms with E-state index in [-0.39, 0.29) is 23.6 Å². The van der Waals surface area contributed by atoms with Crippen LogP contribution in [0.3, 0.4) is 0 Å². The molecule has 28 heavy (non-hydrogen) atoms. The van der Waals surface area contributed by atoms with Crippen LogP contribution in [0.4, 0.5) is 0 Å². The van der Waals surface area contributed by atoms with Crippen LogP contribution in [0.5, 0.6) is 11.5 Å². The highest BCUT2D eigenvalue weighted by molar-refractivity contribution is 7.89. The molecule has 0 spiro atoms. The highest BCUT2D eigenvalue weighted by Crippen LogP contribution is 2.34. The first-order valence-electron chi connectivity index (χ1n) is 9.72. The molecule has 4 rings (SSSR count). The van der Waals surface area contributed by atoms with Gasteiger partial charge in [-0.15, -0.1) is 0 Å². The fourth-order valence-corrected chi connectivity index (χ4v) is 5.11. The summed E-state index contributed by atoms with van der Waals surface area (Å²) in [5, 5.41) is 4.69. The predicted octanol–water partition coefficient (Wildman–Crippen LogP) is 3.50. The smallest absolute Gasteiger partial charge is 0.244 e. The third kappa shape index (κ3) is 3.75. The lowest BCUT2D eigenvalue weighted by Crippen LogP contribution is -2.26. The maximum absolute atomic E-state index is 13.1. The molecule has 8 heteroatoms. The zero-order valence-corrected chi connectivity index (χ0v) is 17.4. The summed E-state index contributed by atoms with van der Waals surface area (Å²) in [5.41, 5.74) is 1.05. The van der Waals surface area contributed by atoms with E-state index in [0.29, 0.717) is 23.2 Å². The molecule has 0 atom stereocenters. The molecule has 0 radical (unpaired) electrons. The van der Waals surface area contributed by atoms with Gasteiger partial charge in [-0.1, -0.05) is 39.7 Å². The van der Waals surface area contributed by atoms with E-state index in [9.17, 15) is 8.42 Å². The molecule has 1 saturated carbocycles. The molecule has 152 valence electrons. The molecule has 2 aliphatic rings. The summed E-state index contributed by atoms with van der Waals surface area (Å²) in [4.78, 5) is 0.271. The zero-order valence-electron chi connectivity index (χ0n) is 16.6. The van der Waals surface area contributed by atoms with Crippen LogP contribution in [0.2, 0.25) is 0 Å². The Balaban J connectivity index is 1.59.